The molecule has 0 unspecified atom stereocenters. The number of nitrogens with two attached hydrogens (primary N) is 1. The molecule has 0 spiro atoms. The first-order chi connectivity index (χ1) is 4.33. The van der Waals surface area contributed by atoms with Gasteiger partial charge in [0.1, 0.15) is 0 Å². The lowest BCUT2D eigenvalue weighted by atomic mass is 9.76. The summed E-state index contributed by atoms with van der Waals surface area (Å²) >= 11 is 0. The Kier molecular flexibility index (Phi) is 2.09. The Bertz CT molecular complexity index is 81.4. The summed E-state index contributed by atoms with van der Waals surface area (Å²) in [5.74, 6) is 0. The van der Waals surface area contributed by atoms with Crippen LogP contribution in [0.2, 0.25) is 0 Å². The smallest absolute Gasteiger partial charge is 0.00206 e. The summed E-state index contributed by atoms with van der Waals surface area (Å²) in [7, 11) is 0. The third-order valence-electron chi connectivity index (χ3n) is 2.42. The van der Waals surface area contributed by atoms with Gasteiger partial charge in [-0.1, -0.05) is 6.92 Å². The van der Waals surface area contributed by atoms with Gasteiger partial charge in [0.05, 0.1) is 0 Å². The van der Waals surface area contributed by atoms with Crippen LogP contribution in [0.1, 0.15) is 19.8 Å². The molecule has 0 aliphatic carbocycles. The van der Waals surface area contributed by atoms with E-state index in [9.17, 15) is 0 Å². The fourth-order valence-corrected chi connectivity index (χ4v) is 1.39. The van der Waals surface area contributed by atoms with Crippen molar-refractivity contribution in [3.05, 3.63) is 0 Å². The molecule has 0 aromatic carbocycles. The molecule has 1 aliphatic rings. The fourth-order valence-electron chi connectivity index (χ4n) is 1.39. The Morgan fingerprint density at radius 3 is 2.33 bits per heavy atom. The van der Waals surface area contributed by atoms with E-state index in [1.54, 1.807) is 0 Å². The minimum Gasteiger partial charge on any atom is -0.330 e. The molecule has 1 heterocycles. The highest BCUT2D eigenvalue weighted by atomic mass is 15.0. The van der Waals surface area contributed by atoms with E-state index in [4.69, 9.17) is 5.73 Å². The summed E-state index contributed by atoms with van der Waals surface area (Å²) in [5.41, 5.74) is 6.05. The largest absolute Gasteiger partial charge is 0.330 e. The predicted octanol–water partition coefficient (Wildman–Crippen LogP) is 0.335. The Morgan fingerprint density at radius 2 is 2.22 bits per heavy atom. The Labute approximate surface area is 56.8 Å². The lowest BCUT2D eigenvalue weighted by molar-refractivity contribution is 0.149. The van der Waals surface area contributed by atoms with Gasteiger partial charge in [-0.3, -0.25) is 0 Å². The normalized spacial score (nSPS) is 23.3. The molecule has 0 amide bonds. The van der Waals surface area contributed by atoms with E-state index in [0.717, 1.165) is 6.54 Å². The number of hydrogen-bond acceptors (Lipinski definition) is 2. The molecule has 2 heteroatoms. The summed E-state index contributed by atoms with van der Waals surface area (Å²) in [6, 6.07) is 0. The standard InChI is InChI=1S/C7H16N2/c1-2-7(3-4-8)5-9-6-7/h9H,2-6,8H2,1H3. The van der Waals surface area contributed by atoms with E-state index in [2.05, 4.69) is 12.2 Å². The Morgan fingerprint density at radius 1 is 1.56 bits per heavy atom. The van der Waals surface area contributed by atoms with E-state index in [-0.39, 0.29) is 0 Å². The maximum absolute atomic E-state index is 5.47. The van der Waals surface area contributed by atoms with Gasteiger partial charge in [0.15, 0.2) is 0 Å². The molecule has 0 saturated carbocycles. The summed E-state index contributed by atoms with van der Waals surface area (Å²) in [5, 5.41) is 3.28. The van der Waals surface area contributed by atoms with Crippen molar-refractivity contribution in [2.24, 2.45) is 11.1 Å². The third kappa shape index (κ3) is 1.25. The van der Waals surface area contributed by atoms with Gasteiger partial charge < -0.3 is 11.1 Å². The van der Waals surface area contributed by atoms with Gasteiger partial charge in [-0.15, -0.1) is 0 Å². The Hall–Kier alpha value is -0.0800. The molecule has 9 heavy (non-hydrogen) atoms. The number of nitrogens with one attached hydrogen (secondary N) is 1. The molecular formula is C7H16N2. The van der Waals surface area contributed by atoms with E-state index in [1.165, 1.54) is 25.9 Å². The molecule has 1 aliphatic heterocycles. The van der Waals surface area contributed by atoms with Crippen molar-refractivity contribution in [2.45, 2.75) is 19.8 Å². The van der Waals surface area contributed by atoms with Crippen LogP contribution in [0.15, 0.2) is 0 Å². The summed E-state index contributed by atoms with van der Waals surface area (Å²) < 4.78 is 0. The molecule has 1 fully saturated rings. The van der Waals surface area contributed by atoms with Gasteiger partial charge in [-0.05, 0) is 24.8 Å². The van der Waals surface area contributed by atoms with Crippen LogP contribution >= 0.6 is 0 Å². The van der Waals surface area contributed by atoms with Crippen LogP contribution in [-0.4, -0.2) is 19.6 Å². The lowest BCUT2D eigenvalue weighted by Crippen LogP contribution is -2.53. The third-order valence-corrected chi connectivity index (χ3v) is 2.42. The highest BCUT2D eigenvalue weighted by Crippen LogP contribution is 2.29. The average Bonchev–Trinajstić information content (AvgIpc) is 1.79. The second kappa shape index (κ2) is 2.67. The monoisotopic (exact) mass is 128 g/mol. The molecule has 0 bridgehead atoms. The molecular weight excluding hydrogens is 112 g/mol. The van der Waals surface area contributed by atoms with Crippen molar-refractivity contribution < 1.29 is 0 Å². The molecule has 3 N–H and O–H groups in total. The van der Waals surface area contributed by atoms with Crippen LogP contribution in [0.4, 0.5) is 0 Å². The van der Waals surface area contributed by atoms with Crippen LogP contribution in [-0.2, 0) is 0 Å². The topological polar surface area (TPSA) is 38.0 Å². The van der Waals surface area contributed by atoms with Gasteiger partial charge >= 0.3 is 0 Å². The van der Waals surface area contributed by atoms with Crippen molar-refractivity contribution in [2.75, 3.05) is 19.6 Å². The first-order valence-corrected chi connectivity index (χ1v) is 3.74. The van der Waals surface area contributed by atoms with Crippen molar-refractivity contribution in [1.29, 1.82) is 0 Å². The highest BCUT2D eigenvalue weighted by molar-refractivity contribution is 4.90. The van der Waals surface area contributed by atoms with Gasteiger partial charge in [0, 0.05) is 13.1 Å². The maximum Gasteiger partial charge on any atom is 0.00206 e. The van der Waals surface area contributed by atoms with Crippen molar-refractivity contribution in [3.63, 3.8) is 0 Å². The highest BCUT2D eigenvalue weighted by Gasteiger charge is 2.33. The van der Waals surface area contributed by atoms with Crippen LogP contribution in [0.25, 0.3) is 0 Å². The molecule has 0 atom stereocenters. The van der Waals surface area contributed by atoms with Gasteiger partial charge in [-0.2, -0.15) is 0 Å². The van der Waals surface area contributed by atoms with Gasteiger partial charge in [0.25, 0.3) is 0 Å². The second-order valence-corrected chi connectivity index (χ2v) is 3.00. The Balaban J connectivity index is 2.28. The molecule has 0 aromatic rings. The van der Waals surface area contributed by atoms with Gasteiger partial charge in [-0.25, -0.2) is 0 Å². The summed E-state index contributed by atoms with van der Waals surface area (Å²) in [6.07, 6.45) is 2.47. The molecule has 1 rings (SSSR count). The number of rotatable bonds is 3. The second-order valence-electron chi connectivity index (χ2n) is 3.00. The maximum atomic E-state index is 5.47. The zero-order valence-electron chi connectivity index (χ0n) is 6.11. The van der Waals surface area contributed by atoms with Crippen molar-refractivity contribution in [3.8, 4) is 0 Å². The van der Waals surface area contributed by atoms with E-state index >= 15 is 0 Å². The lowest BCUT2D eigenvalue weighted by Gasteiger charge is -2.42. The zero-order chi connectivity index (χ0) is 6.74. The van der Waals surface area contributed by atoms with Crippen molar-refractivity contribution >= 4 is 0 Å². The molecule has 0 aromatic heterocycles. The van der Waals surface area contributed by atoms with E-state index in [0.29, 0.717) is 5.41 Å². The zero-order valence-corrected chi connectivity index (χ0v) is 6.11. The van der Waals surface area contributed by atoms with E-state index < -0.39 is 0 Å². The van der Waals surface area contributed by atoms with Crippen LogP contribution in [0.3, 0.4) is 0 Å². The number of hydrogen-bond donors (Lipinski definition) is 2. The summed E-state index contributed by atoms with van der Waals surface area (Å²) in [6.45, 7) is 5.45. The minimum atomic E-state index is 0.578. The van der Waals surface area contributed by atoms with E-state index in [1.807, 2.05) is 0 Å². The first-order valence-electron chi connectivity index (χ1n) is 3.74. The summed E-state index contributed by atoms with van der Waals surface area (Å²) in [4.78, 5) is 0. The fraction of sp³-hybridized carbons (Fsp3) is 1.00. The van der Waals surface area contributed by atoms with Crippen LogP contribution in [0.5, 0.6) is 0 Å². The molecule has 54 valence electrons. The molecule has 2 nitrogen and oxygen atoms in total. The molecule has 0 radical (unpaired) electrons. The average molecular weight is 128 g/mol. The van der Waals surface area contributed by atoms with Crippen LogP contribution < -0.4 is 11.1 Å². The minimum absolute atomic E-state index is 0.578. The van der Waals surface area contributed by atoms with Crippen molar-refractivity contribution in [1.82, 2.24) is 5.32 Å². The van der Waals surface area contributed by atoms with Crippen LogP contribution in [0, 0.1) is 5.41 Å². The quantitative estimate of drug-likeness (QED) is 0.575. The predicted molar refractivity (Wildman–Crippen MR) is 39.3 cm³/mol. The first kappa shape index (κ1) is 7.03. The molecule has 1 saturated heterocycles. The van der Waals surface area contributed by atoms with Gasteiger partial charge in [0.2, 0.25) is 0 Å². The SMILES string of the molecule is CCC1(CCN)CNC1.